The number of amides is 1. The highest BCUT2D eigenvalue weighted by molar-refractivity contribution is 7.86. The summed E-state index contributed by atoms with van der Waals surface area (Å²) in [5.74, 6) is -1.69. The lowest BCUT2D eigenvalue weighted by atomic mass is 10.2. The summed E-state index contributed by atoms with van der Waals surface area (Å²) in [6, 6.07) is 0. The molecule has 1 unspecified atom stereocenters. The van der Waals surface area contributed by atoms with Gasteiger partial charge in [-0.3, -0.25) is 4.79 Å². The van der Waals surface area contributed by atoms with Crippen LogP contribution in [0.5, 0.6) is 0 Å². The summed E-state index contributed by atoms with van der Waals surface area (Å²) in [6.45, 7) is 6.73. The average molecular weight is 221 g/mol. The maximum absolute atomic E-state index is 11.2. The fraction of sp³-hybridized carbons (Fsp3) is 0.625. The predicted molar refractivity (Wildman–Crippen MR) is 52.7 cm³/mol. The second kappa shape index (κ2) is 4.99. The van der Waals surface area contributed by atoms with E-state index >= 15 is 0 Å². The van der Waals surface area contributed by atoms with Gasteiger partial charge in [-0.15, -0.1) is 0 Å². The van der Waals surface area contributed by atoms with Crippen molar-refractivity contribution in [2.24, 2.45) is 11.7 Å². The zero-order chi connectivity index (χ0) is 11.4. The van der Waals surface area contributed by atoms with Crippen molar-refractivity contribution in [3.8, 4) is 0 Å². The maximum Gasteiger partial charge on any atom is 0.309 e. The molecule has 82 valence electrons. The fourth-order valence-electron chi connectivity index (χ4n) is 0.695. The Bertz CT molecular complexity index is 320. The molecule has 0 aromatic rings. The number of rotatable bonds is 6. The van der Waals surface area contributed by atoms with Crippen molar-refractivity contribution in [2.75, 3.05) is 5.75 Å². The van der Waals surface area contributed by atoms with Crippen molar-refractivity contribution in [3.63, 3.8) is 0 Å². The topological polar surface area (TPSA) is 86.5 Å². The van der Waals surface area contributed by atoms with Crippen LogP contribution < -0.4 is 5.73 Å². The van der Waals surface area contributed by atoms with E-state index in [9.17, 15) is 13.2 Å². The van der Waals surface area contributed by atoms with E-state index in [-0.39, 0.29) is 11.7 Å². The van der Waals surface area contributed by atoms with Crippen LogP contribution >= 0.6 is 0 Å². The van der Waals surface area contributed by atoms with Gasteiger partial charge in [0.05, 0.1) is 5.75 Å². The summed E-state index contributed by atoms with van der Waals surface area (Å²) in [7, 11) is -3.74. The Hall–Kier alpha value is -1.04. The first kappa shape index (κ1) is 13.0. The van der Waals surface area contributed by atoms with Gasteiger partial charge in [-0.05, 0) is 12.5 Å². The molecule has 0 aliphatic carbocycles. The second-order valence-electron chi connectivity index (χ2n) is 3.11. The first-order valence-corrected chi connectivity index (χ1v) is 5.77. The third-order valence-corrected chi connectivity index (χ3v) is 3.12. The summed E-state index contributed by atoms with van der Waals surface area (Å²) >= 11 is 0. The average Bonchev–Trinajstić information content (AvgIpc) is 2.02. The lowest BCUT2D eigenvalue weighted by Gasteiger charge is -2.10. The summed E-state index contributed by atoms with van der Waals surface area (Å²) in [4.78, 5) is 10.5. The van der Waals surface area contributed by atoms with Gasteiger partial charge in [-0.25, -0.2) is 0 Å². The summed E-state index contributed by atoms with van der Waals surface area (Å²) in [5.41, 5.74) is 4.78. The minimum atomic E-state index is -3.74. The molecule has 0 spiro atoms. The summed E-state index contributed by atoms with van der Waals surface area (Å²) < 4.78 is 26.8. The van der Waals surface area contributed by atoms with E-state index in [0.717, 1.165) is 0 Å². The Morgan fingerprint density at radius 3 is 2.43 bits per heavy atom. The van der Waals surface area contributed by atoms with Crippen LogP contribution in [-0.4, -0.2) is 20.1 Å². The van der Waals surface area contributed by atoms with Crippen molar-refractivity contribution in [1.29, 1.82) is 0 Å². The molecule has 0 aromatic heterocycles. The van der Waals surface area contributed by atoms with Crippen LogP contribution in [0.4, 0.5) is 0 Å². The predicted octanol–water partition coefficient (Wildman–Crippen LogP) is 0.378. The van der Waals surface area contributed by atoms with Crippen LogP contribution in [0.3, 0.4) is 0 Å². The molecule has 0 aliphatic rings. The van der Waals surface area contributed by atoms with Gasteiger partial charge in [-0.2, -0.15) is 8.42 Å². The standard InChI is InChI=1S/C8H15NO4S/c1-4-6(2)5-14(11,12)13-7(3)8(9)10/h6H,3-5H2,1-2H3,(H2,9,10). The molecule has 1 amide bonds. The Labute approximate surface area is 84.1 Å². The van der Waals surface area contributed by atoms with Gasteiger partial charge in [0.15, 0.2) is 5.76 Å². The first-order valence-electron chi connectivity index (χ1n) is 4.19. The molecule has 0 saturated carbocycles. The van der Waals surface area contributed by atoms with E-state index < -0.39 is 21.8 Å². The zero-order valence-electron chi connectivity index (χ0n) is 8.32. The monoisotopic (exact) mass is 221 g/mol. The third-order valence-electron chi connectivity index (χ3n) is 1.69. The van der Waals surface area contributed by atoms with E-state index in [2.05, 4.69) is 10.8 Å². The molecule has 0 rings (SSSR count). The minimum absolute atomic E-state index is 0.0272. The molecule has 0 radical (unpaired) electrons. The summed E-state index contributed by atoms with van der Waals surface area (Å²) in [6.07, 6.45) is 0.714. The largest absolute Gasteiger partial charge is 0.377 e. The van der Waals surface area contributed by atoms with Crippen molar-refractivity contribution < 1.29 is 17.4 Å². The molecule has 2 N–H and O–H groups in total. The number of carbonyl (C=O) groups excluding carboxylic acids is 1. The zero-order valence-corrected chi connectivity index (χ0v) is 9.13. The highest BCUT2D eigenvalue weighted by Crippen LogP contribution is 2.09. The highest BCUT2D eigenvalue weighted by atomic mass is 32.2. The van der Waals surface area contributed by atoms with E-state index in [1.165, 1.54) is 0 Å². The quantitative estimate of drug-likeness (QED) is 0.399. The van der Waals surface area contributed by atoms with Gasteiger partial charge in [0.1, 0.15) is 0 Å². The number of nitrogens with two attached hydrogens (primary N) is 1. The molecule has 0 bridgehead atoms. The van der Waals surface area contributed by atoms with E-state index in [1.54, 1.807) is 6.92 Å². The Morgan fingerprint density at radius 1 is 1.57 bits per heavy atom. The lowest BCUT2D eigenvalue weighted by molar-refractivity contribution is -0.116. The molecule has 5 nitrogen and oxygen atoms in total. The molecule has 6 heteroatoms. The molecule has 14 heavy (non-hydrogen) atoms. The van der Waals surface area contributed by atoms with Crippen LogP contribution in [0.2, 0.25) is 0 Å². The molecule has 0 heterocycles. The number of hydrogen-bond donors (Lipinski definition) is 1. The van der Waals surface area contributed by atoms with E-state index in [4.69, 9.17) is 5.73 Å². The second-order valence-corrected chi connectivity index (χ2v) is 4.72. The molecular weight excluding hydrogens is 206 g/mol. The van der Waals surface area contributed by atoms with Gasteiger partial charge in [-0.1, -0.05) is 20.3 Å². The van der Waals surface area contributed by atoms with Gasteiger partial charge >= 0.3 is 10.1 Å². The SMILES string of the molecule is C=C(OS(=O)(=O)CC(C)CC)C(N)=O. The van der Waals surface area contributed by atoms with Gasteiger partial charge in [0.25, 0.3) is 5.91 Å². The van der Waals surface area contributed by atoms with Crippen LogP contribution in [0.1, 0.15) is 20.3 Å². The Morgan fingerprint density at radius 2 is 2.07 bits per heavy atom. The first-order chi connectivity index (χ1) is 6.28. The van der Waals surface area contributed by atoms with Crippen LogP contribution in [0.25, 0.3) is 0 Å². The minimum Gasteiger partial charge on any atom is -0.377 e. The number of hydrogen-bond acceptors (Lipinski definition) is 4. The Kier molecular flexibility index (Phi) is 4.62. The molecule has 1 atom stereocenters. The van der Waals surface area contributed by atoms with Crippen LogP contribution in [-0.2, 0) is 19.1 Å². The molecule has 0 aromatic carbocycles. The van der Waals surface area contributed by atoms with E-state index in [0.29, 0.717) is 6.42 Å². The highest BCUT2D eigenvalue weighted by Gasteiger charge is 2.19. The van der Waals surface area contributed by atoms with Crippen molar-refractivity contribution in [1.82, 2.24) is 0 Å². The number of primary amides is 1. The Balaban J connectivity index is 4.36. The van der Waals surface area contributed by atoms with Crippen molar-refractivity contribution in [2.45, 2.75) is 20.3 Å². The number of carbonyl (C=O) groups is 1. The smallest absolute Gasteiger partial charge is 0.309 e. The third kappa shape index (κ3) is 4.86. The van der Waals surface area contributed by atoms with Crippen molar-refractivity contribution in [3.05, 3.63) is 12.3 Å². The lowest BCUT2D eigenvalue weighted by Crippen LogP contribution is -2.22. The van der Waals surface area contributed by atoms with Crippen LogP contribution in [0.15, 0.2) is 12.3 Å². The summed E-state index contributed by atoms with van der Waals surface area (Å²) in [5, 5.41) is 0. The normalized spacial score (nSPS) is 13.3. The molecule has 0 aliphatic heterocycles. The molecular formula is C8H15NO4S. The maximum atomic E-state index is 11.2. The molecule has 0 saturated heterocycles. The fourth-order valence-corrected chi connectivity index (χ4v) is 2.08. The van der Waals surface area contributed by atoms with Crippen LogP contribution in [0, 0.1) is 5.92 Å². The molecule has 0 fully saturated rings. The van der Waals surface area contributed by atoms with E-state index in [1.807, 2.05) is 6.92 Å². The van der Waals surface area contributed by atoms with Gasteiger partial charge in [0.2, 0.25) is 0 Å². The van der Waals surface area contributed by atoms with Crippen molar-refractivity contribution >= 4 is 16.0 Å². The van der Waals surface area contributed by atoms with Gasteiger partial charge in [0, 0.05) is 0 Å². The van der Waals surface area contributed by atoms with Gasteiger partial charge < -0.3 is 9.92 Å².